The molecule has 0 atom stereocenters. The molecule has 0 unspecified atom stereocenters. The molecule has 128 valence electrons. The van der Waals surface area contributed by atoms with E-state index < -0.39 is 0 Å². The standard InChI is InChI=1S/C23H20N2O/c26-23-20-15-7-8-16-21(20)24-22(19-13-5-2-6-14-19)25(23)17-9-12-18-10-3-1-4-11-18/h1-8,10-11,13-16H,9,12,17H2. The molecule has 3 nitrogen and oxygen atoms in total. The highest BCUT2D eigenvalue weighted by Gasteiger charge is 2.12. The van der Waals surface area contributed by atoms with Crippen LogP contribution in [0.4, 0.5) is 0 Å². The predicted octanol–water partition coefficient (Wildman–Crippen LogP) is 4.70. The van der Waals surface area contributed by atoms with Gasteiger partial charge in [-0.1, -0.05) is 72.8 Å². The van der Waals surface area contributed by atoms with Crippen LogP contribution < -0.4 is 5.56 Å². The summed E-state index contributed by atoms with van der Waals surface area (Å²) < 4.78 is 1.82. The van der Waals surface area contributed by atoms with E-state index in [-0.39, 0.29) is 5.56 Å². The van der Waals surface area contributed by atoms with Gasteiger partial charge in [0.1, 0.15) is 5.82 Å². The summed E-state index contributed by atoms with van der Waals surface area (Å²) >= 11 is 0. The van der Waals surface area contributed by atoms with E-state index >= 15 is 0 Å². The van der Waals surface area contributed by atoms with E-state index in [0.29, 0.717) is 11.9 Å². The van der Waals surface area contributed by atoms with Gasteiger partial charge in [0.05, 0.1) is 10.9 Å². The summed E-state index contributed by atoms with van der Waals surface area (Å²) in [7, 11) is 0. The summed E-state index contributed by atoms with van der Waals surface area (Å²) in [6.07, 6.45) is 1.83. The van der Waals surface area contributed by atoms with Crippen molar-refractivity contribution in [2.45, 2.75) is 19.4 Å². The second-order valence-electron chi connectivity index (χ2n) is 6.36. The van der Waals surface area contributed by atoms with E-state index in [0.717, 1.165) is 29.7 Å². The first-order chi connectivity index (χ1) is 12.8. The third-order valence-corrected chi connectivity index (χ3v) is 4.58. The molecule has 0 N–H and O–H groups in total. The molecule has 3 aromatic carbocycles. The fraction of sp³-hybridized carbons (Fsp3) is 0.130. The molecule has 0 aliphatic rings. The zero-order valence-electron chi connectivity index (χ0n) is 14.5. The van der Waals surface area contributed by atoms with Crippen LogP contribution in [0.25, 0.3) is 22.3 Å². The second-order valence-corrected chi connectivity index (χ2v) is 6.36. The average molecular weight is 340 g/mol. The van der Waals surface area contributed by atoms with Crippen molar-refractivity contribution in [3.8, 4) is 11.4 Å². The van der Waals surface area contributed by atoms with Crippen molar-refractivity contribution in [1.82, 2.24) is 9.55 Å². The van der Waals surface area contributed by atoms with Crippen LogP contribution in [0, 0.1) is 0 Å². The zero-order valence-corrected chi connectivity index (χ0v) is 14.5. The first-order valence-corrected chi connectivity index (χ1v) is 8.92. The van der Waals surface area contributed by atoms with Crippen LogP contribution in [-0.2, 0) is 13.0 Å². The monoisotopic (exact) mass is 340 g/mol. The quantitative estimate of drug-likeness (QED) is 0.528. The molecule has 0 saturated heterocycles. The number of benzene rings is 3. The fourth-order valence-corrected chi connectivity index (χ4v) is 3.27. The largest absolute Gasteiger partial charge is 0.292 e. The van der Waals surface area contributed by atoms with E-state index in [9.17, 15) is 4.79 Å². The Kier molecular flexibility index (Phi) is 4.61. The third kappa shape index (κ3) is 3.29. The molecule has 0 fully saturated rings. The summed E-state index contributed by atoms with van der Waals surface area (Å²) in [5, 5.41) is 0.673. The third-order valence-electron chi connectivity index (χ3n) is 4.58. The Bertz CT molecular complexity index is 1070. The van der Waals surface area contributed by atoms with E-state index in [1.807, 2.05) is 65.2 Å². The number of para-hydroxylation sites is 1. The van der Waals surface area contributed by atoms with Gasteiger partial charge >= 0.3 is 0 Å². The molecular weight excluding hydrogens is 320 g/mol. The molecule has 0 saturated carbocycles. The molecule has 4 aromatic rings. The average Bonchev–Trinajstić information content (AvgIpc) is 2.71. The van der Waals surface area contributed by atoms with Gasteiger partial charge in [-0.05, 0) is 30.5 Å². The molecule has 0 radical (unpaired) electrons. The number of rotatable bonds is 5. The maximum absolute atomic E-state index is 13.1. The van der Waals surface area contributed by atoms with Gasteiger partial charge in [-0.2, -0.15) is 0 Å². The predicted molar refractivity (Wildman–Crippen MR) is 106 cm³/mol. The van der Waals surface area contributed by atoms with Gasteiger partial charge in [0, 0.05) is 12.1 Å². The number of aryl methyl sites for hydroxylation is 1. The number of aromatic nitrogens is 2. The molecule has 4 rings (SSSR count). The maximum atomic E-state index is 13.1. The molecule has 1 heterocycles. The Morgan fingerprint density at radius 3 is 2.19 bits per heavy atom. The van der Waals surface area contributed by atoms with Crippen LogP contribution in [0.15, 0.2) is 89.7 Å². The maximum Gasteiger partial charge on any atom is 0.261 e. The molecule has 3 heteroatoms. The van der Waals surface area contributed by atoms with E-state index in [1.165, 1.54) is 5.56 Å². The number of fused-ring (bicyclic) bond motifs is 1. The van der Waals surface area contributed by atoms with Crippen LogP contribution in [-0.4, -0.2) is 9.55 Å². The Morgan fingerprint density at radius 1 is 0.769 bits per heavy atom. The zero-order chi connectivity index (χ0) is 17.8. The Labute approximate surface area is 152 Å². The van der Waals surface area contributed by atoms with Crippen LogP contribution in [0.1, 0.15) is 12.0 Å². The molecule has 0 bridgehead atoms. The minimum Gasteiger partial charge on any atom is -0.292 e. The lowest BCUT2D eigenvalue weighted by atomic mass is 10.1. The first kappa shape index (κ1) is 16.3. The number of nitrogens with zero attached hydrogens (tertiary/aromatic N) is 2. The lowest BCUT2D eigenvalue weighted by molar-refractivity contribution is 0.624. The van der Waals surface area contributed by atoms with Gasteiger partial charge in [0.25, 0.3) is 5.56 Å². The van der Waals surface area contributed by atoms with Crippen molar-refractivity contribution in [3.63, 3.8) is 0 Å². The van der Waals surface area contributed by atoms with Crippen molar-refractivity contribution in [3.05, 3.63) is 101 Å². The summed E-state index contributed by atoms with van der Waals surface area (Å²) in [4.78, 5) is 17.9. The van der Waals surface area contributed by atoms with Gasteiger partial charge in [-0.3, -0.25) is 9.36 Å². The molecule has 0 aliphatic carbocycles. The normalized spacial score (nSPS) is 10.9. The minimum absolute atomic E-state index is 0.0301. The van der Waals surface area contributed by atoms with E-state index in [2.05, 4.69) is 24.3 Å². The number of hydrogen-bond acceptors (Lipinski definition) is 2. The van der Waals surface area contributed by atoms with Gasteiger partial charge in [0.2, 0.25) is 0 Å². The lowest BCUT2D eigenvalue weighted by Crippen LogP contribution is -2.24. The smallest absolute Gasteiger partial charge is 0.261 e. The van der Waals surface area contributed by atoms with E-state index in [1.54, 1.807) is 0 Å². The Balaban J connectivity index is 1.73. The molecule has 0 spiro atoms. The van der Waals surface area contributed by atoms with Crippen molar-refractivity contribution < 1.29 is 0 Å². The number of hydrogen-bond donors (Lipinski definition) is 0. The molecular formula is C23H20N2O. The van der Waals surface area contributed by atoms with Crippen molar-refractivity contribution in [2.75, 3.05) is 0 Å². The summed E-state index contributed by atoms with van der Waals surface area (Å²) in [6.45, 7) is 0.649. The molecule has 1 aromatic heterocycles. The lowest BCUT2D eigenvalue weighted by Gasteiger charge is -2.14. The summed E-state index contributed by atoms with van der Waals surface area (Å²) in [5.74, 6) is 0.738. The van der Waals surface area contributed by atoms with Gasteiger partial charge < -0.3 is 0 Å². The van der Waals surface area contributed by atoms with E-state index in [4.69, 9.17) is 4.98 Å². The Hall–Kier alpha value is -3.20. The van der Waals surface area contributed by atoms with Gasteiger partial charge in [0.15, 0.2) is 0 Å². The first-order valence-electron chi connectivity index (χ1n) is 8.92. The molecule has 26 heavy (non-hydrogen) atoms. The highest BCUT2D eigenvalue weighted by molar-refractivity contribution is 5.79. The topological polar surface area (TPSA) is 34.9 Å². The van der Waals surface area contributed by atoms with Crippen LogP contribution in [0.5, 0.6) is 0 Å². The second kappa shape index (κ2) is 7.36. The summed E-state index contributed by atoms with van der Waals surface area (Å²) in [6, 6.07) is 27.9. The van der Waals surface area contributed by atoms with Gasteiger partial charge in [-0.25, -0.2) is 4.98 Å². The van der Waals surface area contributed by atoms with Crippen LogP contribution in [0.3, 0.4) is 0 Å². The van der Waals surface area contributed by atoms with Crippen molar-refractivity contribution >= 4 is 10.9 Å². The summed E-state index contributed by atoms with van der Waals surface area (Å²) in [5.41, 5.74) is 3.03. The highest BCUT2D eigenvalue weighted by atomic mass is 16.1. The molecule has 0 aliphatic heterocycles. The Morgan fingerprint density at radius 2 is 1.42 bits per heavy atom. The van der Waals surface area contributed by atoms with Crippen molar-refractivity contribution in [2.24, 2.45) is 0 Å². The highest BCUT2D eigenvalue weighted by Crippen LogP contribution is 2.19. The van der Waals surface area contributed by atoms with Gasteiger partial charge in [-0.15, -0.1) is 0 Å². The minimum atomic E-state index is 0.0301. The SMILES string of the molecule is O=c1c2ccccc2nc(-c2ccccc2)n1CCCc1ccccc1. The molecule has 0 amide bonds. The van der Waals surface area contributed by atoms with Crippen LogP contribution >= 0.6 is 0 Å². The fourth-order valence-electron chi connectivity index (χ4n) is 3.27. The van der Waals surface area contributed by atoms with Crippen molar-refractivity contribution in [1.29, 1.82) is 0 Å². The van der Waals surface area contributed by atoms with Crippen LogP contribution in [0.2, 0.25) is 0 Å².